The molecule has 2 atom stereocenters. The van der Waals surface area contributed by atoms with E-state index in [4.69, 9.17) is 10.5 Å². The lowest BCUT2D eigenvalue weighted by Gasteiger charge is -2.34. The van der Waals surface area contributed by atoms with Gasteiger partial charge in [-0.3, -0.25) is 0 Å². The van der Waals surface area contributed by atoms with E-state index in [2.05, 4.69) is 15.0 Å². The van der Waals surface area contributed by atoms with Crippen molar-refractivity contribution in [1.82, 2.24) is 15.0 Å². The second kappa shape index (κ2) is 5.34. The monoisotopic (exact) mass is 253 g/mol. The van der Waals surface area contributed by atoms with Gasteiger partial charge in [0.1, 0.15) is 0 Å². The lowest BCUT2D eigenvalue weighted by Crippen LogP contribution is -2.42. The van der Waals surface area contributed by atoms with E-state index >= 15 is 0 Å². The normalized spacial score (nSPS) is 24.1. The summed E-state index contributed by atoms with van der Waals surface area (Å²) in [4.78, 5) is 14.3. The number of piperidine rings is 1. The summed E-state index contributed by atoms with van der Waals surface area (Å²) in [5.41, 5.74) is 5.64. The third-order valence-corrected chi connectivity index (χ3v) is 3.04. The van der Waals surface area contributed by atoms with Gasteiger partial charge in [-0.1, -0.05) is 6.92 Å². The van der Waals surface area contributed by atoms with Crippen LogP contribution in [0.1, 0.15) is 20.3 Å². The molecule has 0 amide bonds. The van der Waals surface area contributed by atoms with Crippen molar-refractivity contribution in [3.63, 3.8) is 0 Å². The smallest absolute Gasteiger partial charge is 0.323 e. The van der Waals surface area contributed by atoms with Gasteiger partial charge in [-0.05, 0) is 19.3 Å². The van der Waals surface area contributed by atoms with Crippen LogP contribution in [0, 0.1) is 5.92 Å². The fourth-order valence-electron chi connectivity index (χ4n) is 2.01. The summed E-state index contributed by atoms with van der Waals surface area (Å²) in [6, 6.07) is 0.249. The lowest BCUT2D eigenvalue weighted by molar-refractivity contribution is 0.0966. The molecule has 0 spiro atoms. The summed E-state index contributed by atoms with van der Waals surface area (Å²) >= 11 is 0. The lowest BCUT2D eigenvalue weighted by atomic mass is 9.97. The first-order chi connectivity index (χ1) is 8.60. The average molecular weight is 253 g/mol. The van der Waals surface area contributed by atoms with Gasteiger partial charge in [-0.2, -0.15) is 15.0 Å². The maximum atomic E-state index is 9.71. The van der Waals surface area contributed by atoms with Gasteiger partial charge in [-0.25, -0.2) is 0 Å². The maximum Gasteiger partial charge on any atom is 0.323 e. The van der Waals surface area contributed by atoms with Crippen LogP contribution in [0.25, 0.3) is 0 Å². The molecule has 1 aliphatic heterocycles. The van der Waals surface area contributed by atoms with Crippen molar-refractivity contribution in [2.24, 2.45) is 5.92 Å². The molecule has 1 aromatic rings. The topological polar surface area (TPSA) is 97.4 Å². The van der Waals surface area contributed by atoms with Crippen LogP contribution in [-0.4, -0.2) is 45.9 Å². The van der Waals surface area contributed by atoms with Crippen LogP contribution in [0.5, 0.6) is 6.01 Å². The second-order valence-corrected chi connectivity index (χ2v) is 4.49. The number of nitrogens with two attached hydrogens (primary N) is 1. The Morgan fingerprint density at radius 3 is 2.89 bits per heavy atom. The predicted molar refractivity (Wildman–Crippen MR) is 67.4 cm³/mol. The summed E-state index contributed by atoms with van der Waals surface area (Å²) < 4.78 is 5.25. The Hall–Kier alpha value is -1.63. The molecule has 2 heterocycles. The zero-order valence-electron chi connectivity index (χ0n) is 10.7. The SMILES string of the molecule is CCOc1nc(N)nc(N2CCC(O)C(C)C2)n1. The number of rotatable bonds is 3. The maximum absolute atomic E-state index is 9.71. The summed E-state index contributed by atoms with van der Waals surface area (Å²) in [5, 5.41) is 9.71. The molecule has 0 saturated carbocycles. The molecular formula is C11H19N5O2. The Kier molecular flexibility index (Phi) is 3.81. The number of nitrogen functional groups attached to an aromatic ring is 1. The molecule has 1 saturated heterocycles. The molecule has 0 bridgehead atoms. The van der Waals surface area contributed by atoms with Crippen LogP contribution >= 0.6 is 0 Å². The van der Waals surface area contributed by atoms with E-state index in [1.807, 2.05) is 18.7 Å². The van der Waals surface area contributed by atoms with Gasteiger partial charge in [0, 0.05) is 13.1 Å². The van der Waals surface area contributed by atoms with Gasteiger partial charge in [0.2, 0.25) is 11.9 Å². The van der Waals surface area contributed by atoms with E-state index in [0.717, 1.165) is 0 Å². The molecule has 100 valence electrons. The number of nitrogens with zero attached hydrogens (tertiary/aromatic N) is 4. The van der Waals surface area contributed by atoms with Crippen LogP contribution in [0.15, 0.2) is 0 Å². The first-order valence-electron chi connectivity index (χ1n) is 6.17. The highest BCUT2D eigenvalue weighted by Gasteiger charge is 2.26. The third kappa shape index (κ3) is 2.79. The number of anilines is 2. The molecule has 18 heavy (non-hydrogen) atoms. The molecule has 3 N–H and O–H groups in total. The van der Waals surface area contributed by atoms with Crippen LogP contribution in [-0.2, 0) is 0 Å². The molecule has 0 aromatic carbocycles. The molecule has 7 heteroatoms. The van der Waals surface area contributed by atoms with Crippen molar-refractivity contribution in [2.45, 2.75) is 26.4 Å². The van der Waals surface area contributed by atoms with Crippen molar-refractivity contribution in [3.05, 3.63) is 0 Å². The molecule has 1 aliphatic rings. The van der Waals surface area contributed by atoms with E-state index in [1.165, 1.54) is 0 Å². The van der Waals surface area contributed by atoms with Crippen molar-refractivity contribution >= 4 is 11.9 Å². The molecular weight excluding hydrogens is 234 g/mol. The Bertz CT molecular complexity index is 414. The highest BCUT2D eigenvalue weighted by molar-refractivity contribution is 5.36. The van der Waals surface area contributed by atoms with E-state index in [-0.39, 0.29) is 24.0 Å². The van der Waals surface area contributed by atoms with E-state index in [9.17, 15) is 5.11 Å². The Labute approximate surface area is 106 Å². The summed E-state index contributed by atoms with van der Waals surface area (Å²) in [6.07, 6.45) is 0.447. The number of ether oxygens (including phenoxy) is 1. The molecule has 1 fully saturated rings. The van der Waals surface area contributed by atoms with Gasteiger partial charge in [0.25, 0.3) is 0 Å². The van der Waals surface area contributed by atoms with E-state index in [0.29, 0.717) is 32.1 Å². The van der Waals surface area contributed by atoms with Crippen LogP contribution in [0.4, 0.5) is 11.9 Å². The fourth-order valence-corrected chi connectivity index (χ4v) is 2.01. The van der Waals surface area contributed by atoms with E-state index in [1.54, 1.807) is 0 Å². The predicted octanol–water partition coefficient (Wildman–Crippen LogP) is 0.0596. The first-order valence-corrected chi connectivity index (χ1v) is 6.17. The fraction of sp³-hybridized carbons (Fsp3) is 0.727. The van der Waals surface area contributed by atoms with Crippen LogP contribution < -0.4 is 15.4 Å². The number of hydrogen-bond acceptors (Lipinski definition) is 7. The quantitative estimate of drug-likeness (QED) is 0.786. The van der Waals surface area contributed by atoms with Crippen molar-refractivity contribution < 1.29 is 9.84 Å². The zero-order valence-corrected chi connectivity index (χ0v) is 10.7. The standard InChI is InChI=1S/C11H19N5O2/c1-3-18-11-14-9(12)13-10(15-11)16-5-4-8(17)7(2)6-16/h7-8,17H,3-6H2,1-2H3,(H2,12,13,14,15). The van der Waals surface area contributed by atoms with Crippen molar-refractivity contribution in [3.8, 4) is 6.01 Å². The Balaban J connectivity index is 2.17. The average Bonchev–Trinajstić information content (AvgIpc) is 2.32. The van der Waals surface area contributed by atoms with Crippen LogP contribution in [0.2, 0.25) is 0 Å². The highest BCUT2D eigenvalue weighted by Crippen LogP contribution is 2.21. The summed E-state index contributed by atoms with van der Waals surface area (Å²) in [5.74, 6) is 0.860. The molecule has 0 aliphatic carbocycles. The summed E-state index contributed by atoms with van der Waals surface area (Å²) in [6.45, 7) is 5.76. The number of aliphatic hydroxyl groups excluding tert-OH is 1. The first kappa shape index (κ1) is 12.8. The van der Waals surface area contributed by atoms with Crippen molar-refractivity contribution in [1.29, 1.82) is 0 Å². The van der Waals surface area contributed by atoms with Gasteiger partial charge in [0.05, 0.1) is 12.7 Å². The highest BCUT2D eigenvalue weighted by atomic mass is 16.5. The molecule has 2 unspecified atom stereocenters. The summed E-state index contributed by atoms with van der Waals surface area (Å²) in [7, 11) is 0. The number of aliphatic hydroxyl groups is 1. The molecule has 0 radical (unpaired) electrons. The minimum atomic E-state index is -0.258. The van der Waals surface area contributed by atoms with Gasteiger partial charge >= 0.3 is 6.01 Å². The van der Waals surface area contributed by atoms with Gasteiger partial charge < -0.3 is 20.5 Å². The van der Waals surface area contributed by atoms with Gasteiger partial charge in [-0.15, -0.1) is 0 Å². The number of aromatic nitrogens is 3. The van der Waals surface area contributed by atoms with Crippen LogP contribution in [0.3, 0.4) is 0 Å². The molecule has 7 nitrogen and oxygen atoms in total. The van der Waals surface area contributed by atoms with Gasteiger partial charge in [0.15, 0.2) is 0 Å². The second-order valence-electron chi connectivity index (χ2n) is 4.49. The van der Waals surface area contributed by atoms with E-state index < -0.39 is 0 Å². The van der Waals surface area contributed by atoms with Crippen molar-refractivity contribution in [2.75, 3.05) is 30.3 Å². The number of hydrogen-bond donors (Lipinski definition) is 2. The molecule has 1 aromatic heterocycles. The Morgan fingerprint density at radius 2 is 2.22 bits per heavy atom. The third-order valence-electron chi connectivity index (χ3n) is 3.04. The minimum absolute atomic E-state index is 0.155. The minimum Gasteiger partial charge on any atom is -0.464 e. The largest absolute Gasteiger partial charge is 0.464 e. The zero-order chi connectivity index (χ0) is 13.1. The molecule has 2 rings (SSSR count). The Morgan fingerprint density at radius 1 is 1.44 bits per heavy atom.